The maximum absolute atomic E-state index is 5.89. The molecule has 0 fully saturated rings. The Balaban J connectivity index is 1.53. The summed E-state index contributed by atoms with van der Waals surface area (Å²) in [5.41, 5.74) is 4.55. The minimum atomic E-state index is 0.0225. The van der Waals surface area contributed by atoms with Crippen LogP contribution in [0.3, 0.4) is 0 Å². The van der Waals surface area contributed by atoms with E-state index >= 15 is 0 Å². The molecule has 5 aromatic carbocycles. The molecule has 3 nitrogen and oxygen atoms in total. The molecule has 1 heterocycles. The molecule has 6 rings (SSSR count). The van der Waals surface area contributed by atoms with Gasteiger partial charge in [0.1, 0.15) is 0 Å². The maximum Gasteiger partial charge on any atom is 0.258 e. The molecule has 0 atom stereocenters. The molecule has 35 heavy (non-hydrogen) atoms. The molecule has 3 heteroatoms. The molecular formula is C32H30N2O. The van der Waals surface area contributed by atoms with E-state index in [-0.39, 0.29) is 10.8 Å². The number of hydrogen-bond acceptors (Lipinski definition) is 3. The van der Waals surface area contributed by atoms with Crippen LogP contribution < -0.4 is 0 Å². The van der Waals surface area contributed by atoms with Crippen LogP contribution >= 0.6 is 0 Å². The third-order valence-electron chi connectivity index (χ3n) is 7.11. The number of hydrogen-bond donors (Lipinski definition) is 0. The number of rotatable bonds is 2. The van der Waals surface area contributed by atoms with Crippen molar-refractivity contribution >= 4 is 32.3 Å². The minimum Gasteiger partial charge on any atom is -0.334 e. The number of benzene rings is 5. The minimum absolute atomic E-state index is 0.0225. The average molecular weight is 459 g/mol. The van der Waals surface area contributed by atoms with Gasteiger partial charge in [-0.1, -0.05) is 101 Å². The van der Waals surface area contributed by atoms with Gasteiger partial charge in [-0.25, -0.2) is 0 Å². The second kappa shape index (κ2) is 7.39. The molecule has 0 aliphatic heterocycles. The predicted octanol–water partition coefficient (Wildman–Crippen LogP) is 8.90. The van der Waals surface area contributed by atoms with E-state index in [1.807, 2.05) is 0 Å². The third kappa shape index (κ3) is 3.58. The second-order valence-electron chi connectivity index (χ2n) is 11.7. The molecule has 0 radical (unpaired) electrons. The summed E-state index contributed by atoms with van der Waals surface area (Å²) in [6.07, 6.45) is 0. The Kier molecular flexibility index (Phi) is 4.60. The summed E-state index contributed by atoms with van der Waals surface area (Å²) in [7, 11) is 0. The van der Waals surface area contributed by atoms with Gasteiger partial charge in [0.05, 0.1) is 0 Å². The molecule has 6 aromatic rings. The largest absolute Gasteiger partial charge is 0.334 e. The van der Waals surface area contributed by atoms with E-state index in [4.69, 9.17) is 9.51 Å². The van der Waals surface area contributed by atoms with E-state index in [0.29, 0.717) is 11.7 Å². The van der Waals surface area contributed by atoms with E-state index in [1.54, 1.807) is 0 Å². The first-order valence-corrected chi connectivity index (χ1v) is 12.3. The molecule has 174 valence electrons. The van der Waals surface area contributed by atoms with Crippen LogP contribution in [0.4, 0.5) is 0 Å². The quantitative estimate of drug-likeness (QED) is 0.243. The topological polar surface area (TPSA) is 38.9 Å². The Morgan fingerprint density at radius 3 is 1.83 bits per heavy atom. The smallest absolute Gasteiger partial charge is 0.258 e. The first-order valence-electron chi connectivity index (χ1n) is 12.3. The maximum atomic E-state index is 5.89. The van der Waals surface area contributed by atoms with Crippen molar-refractivity contribution < 1.29 is 4.52 Å². The SMILES string of the molecule is CC(C)(C)c1cc(-c2noc(-c3ccc4ccc5cccc6ccc3c4c56)n2)cc(C(C)(C)C)c1. The van der Waals surface area contributed by atoms with Crippen LogP contribution in [-0.4, -0.2) is 10.1 Å². The molecule has 0 N–H and O–H groups in total. The van der Waals surface area contributed by atoms with Gasteiger partial charge < -0.3 is 4.52 Å². The molecule has 0 bridgehead atoms. The number of aromatic nitrogens is 2. The summed E-state index contributed by atoms with van der Waals surface area (Å²) < 4.78 is 5.89. The first-order chi connectivity index (χ1) is 16.6. The zero-order valence-corrected chi connectivity index (χ0v) is 21.2. The zero-order valence-electron chi connectivity index (χ0n) is 21.2. The Bertz CT molecular complexity index is 1660. The monoisotopic (exact) mass is 458 g/mol. The summed E-state index contributed by atoms with van der Waals surface area (Å²) >= 11 is 0. The lowest BCUT2D eigenvalue weighted by molar-refractivity contribution is 0.432. The summed E-state index contributed by atoms with van der Waals surface area (Å²) in [5, 5.41) is 11.8. The highest BCUT2D eigenvalue weighted by Gasteiger charge is 2.23. The lowest BCUT2D eigenvalue weighted by Crippen LogP contribution is -2.16. The van der Waals surface area contributed by atoms with Crippen LogP contribution in [0.25, 0.3) is 55.2 Å². The molecule has 0 aliphatic rings. The Morgan fingerprint density at radius 1 is 0.629 bits per heavy atom. The molecule has 0 saturated carbocycles. The molecular weight excluding hydrogens is 428 g/mol. The average Bonchev–Trinajstić information content (AvgIpc) is 3.31. The van der Waals surface area contributed by atoms with E-state index in [9.17, 15) is 0 Å². The molecule has 0 spiro atoms. The van der Waals surface area contributed by atoms with Crippen LogP contribution in [0.5, 0.6) is 0 Å². The van der Waals surface area contributed by atoms with Gasteiger partial charge in [-0.3, -0.25) is 0 Å². The first kappa shape index (κ1) is 21.8. The highest BCUT2D eigenvalue weighted by molar-refractivity contribution is 6.25. The van der Waals surface area contributed by atoms with Crippen molar-refractivity contribution in [3.63, 3.8) is 0 Å². The van der Waals surface area contributed by atoms with Crippen molar-refractivity contribution in [1.82, 2.24) is 10.1 Å². The Labute approximate surface area is 206 Å². The van der Waals surface area contributed by atoms with Gasteiger partial charge in [0.15, 0.2) is 0 Å². The summed E-state index contributed by atoms with van der Waals surface area (Å²) in [6, 6.07) is 26.2. The Morgan fingerprint density at radius 2 is 1.20 bits per heavy atom. The van der Waals surface area contributed by atoms with Gasteiger partial charge in [-0.05, 0) is 72.5 Å². The van der Waals surface area contributed by atoms with Crippen LogP contribution in [0.1, 0.15) is 52.7 Å². The lowest BCUT2D eigenvalue weighted by Gasteiger charge is -2.25. The van der Waals surface area contributed by atoms with E-state index in [1.165, 1.54) is 38.1 Å². The molecule has 1 aromatic heterocycles. The molecule has 0 aliphatic carbocycles. The molecule has 0 unspecified atom stereocenters. The highest BCUT2D eigenvalue weighted by atomic mass is 16.5. The van der Waals surface area contributed by atoms with Crippen LogP contribution in [-0.2, 0) is 10.8 Å². The van der Waals surface area contributed by atoms with Crippen molar-refractivity contribution in [2.75, 3.05) is 0 Å². The van der Waals surface area contributed by atoms with Crippen LogP contribution in [0, 0.1) is 0 Å². The van der Waals surface area contributed by atoms with E-state index in [0.717, 1.165) is 16.5 Å². The summed E-state index contributed by atoms with van der Waals surface area (Å²) in [4.78, 5) is 4.90. The van der Waals surface area contributed by atoms with Crippen molar-refractivity contribution in [3.05, 3.63) is 83.9 Å². The fourth-order valence-electron chi connectivity index (χ4n) is 4.99. The Hall–Kier alpha value is -3.72. The fraction of sp³-hybridized carbons (Fsp3) is 0.250. The van der Waals surface area contributed by atoms with E-state index in [2.05, 4.69) is 119 Å². The van der Waals surface area contributed by atoms with Gasteiger partial charge >= 0.3 is 0 Å². The third-order valence-corrected chi connectivity index (χ3v) is 7.11. The second-order valence-corrected chi connectivity index (χ2v) is 11.7. The van der Waals surface area contributed by atoms with Crippen LogP contribution in [0.2, 0.25) is 0 Å². The van der Waals surface area contributed by atoms with Crippen molar-refractivity contribution in [3.8, 4) is 22.8 Å². The predicted molar refractivity (Wildman–Crippen MR) is 146 cm³/mol. The lowest BCUT2D eigenvalue weighted by atomic mass is 9.79. The van der Waals surface area contributed by atoms with E-state index < -0.39 is 0 Å². The molecule has 0 amide bonds. The van der Waals surface area contributed by atoms with Gasteiger partial charge in [0.25, 0.3) is 5.89 Å². The highest BCUT2D eigenvalue weighted by Crippen LogP contribution is 2.39. The summed E-state index contributed by atoms with van der Waals surface area (Å²) in [5.74, 6) is 1.18. The normalized spacial score (nSPS) is 12.9. The van der Waals surface area contributed by atoms with Gasteiger partial charge in [-0.2, -0.15) is 4.98 Å². The fourth-order valence-corrected chi connectivity index (χ4v) is 4.99. The van der Waals surface area contributed by atoms with Gasteiger partial charge in [0.2, 0.25) is 5.82 Å². The number of nitrogens with zero attached hydrogens (tertiary/aromatic N) is 2. The standard InChI is InChI=1S/C32H30N2O/c1-31(2,3)23-16-22(17-24(18-23)32(4,5)6)29-33-30(35-34-29)26-15-13-21-11-10-19-8-7-9-20-12-14-25(26)28(21)27(19)20/h7-18H,1-6H3. The van der Waals surface area contributed by atoms with Crippen LogP contribution in [0.15, 0.2) is 77.3 Å². The van der Waals surface area contributed by atoms with Crippen molar-refractivity contribution in [2.45, 2.75) is 52.4 Å². The van der Waals surface area contributed by atoms with Gasteiger partial charge in [-0.15, -0.1) is 0 Å². The van der Waals surface area contributed by atoms with Gasteiger partial charge in [0, 0.05) is 11.1 Å². The zero-order chi connectivity index (χ0) is 24.5. The van der Waals surface area contributed by atoms with Crippen molar-refractivity contribution in [1.29, 1.82) is 0 Å². The van der Waals surface area contributed by atoms with Crippen molar-refractivity contribution in [2.24, 2.45) is 0 Å². The summed E-state index contributed by atoms with van der Waals surface area (Å²) in [6.45, 7) is 13.4. The molecule has 0 saturated heterocycles.